The lowest BCUT2D eigenvalue weighted by Gasteiger charge is -2.16. The van der Waals surface area contributed by atoms with Crippen molar-refractivity contribution < 1.29 is 0 Å². The van der Waals surface area contributed by atoms with Crippen LogP contribution in [0, 0.1) is 5.92 Å². The number of hydrogen-bond donors (Lipinski definition) is 2. The molecule has 1 unspecified atom stereocenters. The quantitative estimate of drug-likeness (QED) is 0.571. The molecule has 82 valence electrons. The van der Waals surface area contributed by atoms with Crippen molar-refractivity contribution >= 4 is 0 Å². The summed E-state index contributed by atoms with van der Waals surface area (Å²) >= 11 is 0. The summed E-state index contributed by atoms with van der Waals surface area (Å²) in [7, 11) is 0. The zero-order valence-corrected chi connectivity index (χ0v) is 9.37. The summed E-state index contributed by atoms with van der Waals surface area (Å²) in [4.78, 5) is 0. The van der Waals surface area contributed by atoms with Gasteiger partial charge in [0.05, 0.1) is 0 Å². The summed E-state index contributed by atoms with van der Waals surface area (Å²) in [6.45, 7) is 2.19. The van der Waals surface area contributed by atoms with Gasteiger partial charge in [-0.3, -0.25) is 11.3 Å². The number of hydrazine groups is 1. The lowest BCUT2D eigenvalue weighted by atomic mass is 9.99. The minimum atomic E-state index is 0.337. The Hall–Kier alpha value is -0.860. The van der Waals surface area contributed by atoms with Gasteiger partial charge >= 0.3 is 0 Å². The highest BCUT2D eigenvalue weighted by Gasteiger charge is 2.25. The Balaban J connectivity index is 2.09. The van der Waals surface area contributed by atoms with E-state index in [2.05, 4.69) is 36.6 Å². The molecule has 0 spiro atoms. The predicted octanol–water partition coefficient (Wildman–Crippen LogP) is 2.55. The van der Waals surface area contributed by atoms with Crippen molar-refractivity contribution in [2.75, 3.05) is 0 Å². The van der Waals surface area contributed by atoms with Gasteiger partial charge in [-0.15, -0.1) is 0 Å². The zero-order valence-electron chi connectivity index (χ0n) is 9.37. The van der Waals surface area contributed by atoms with E-state index in [9.17, 15) is 0 Å². The third kappa shape index (κ3) is 2.80. The molecule has 1 atom stereocenters. The van der Waals surface area contributed by atoms with Crippen molar-refractivity contribution in [3.63, 3.8) is 0 Å². The number of nitrogens with one attached hydrogen (secondary N) is 1. The van der Waals surface area contributed by atoms with Gasteiger partial charge in [0.25, 0.3) is 0 Å². The molecule has 1 fully saturated rings. The maximum absolute atomic E-state index is 5.62. The molecule has 15 heavy (non-hydrogen) atoms. The predicted molar refractivity (Wildman–Crippen MR) is 63.2 cm³/mol. The van der Waals surface area contributed by atoms with E-state index < -0.39 is 0 Å². The van der Waals surface area contributed by atoms with Gasteiger partial charge in [0.2, 0.25) is 0 Å². The molecule has 0 aromatic heterocycles. The molecule has 0 amide bonds. The molecule has 0 bridgehead atoms. The smallest absolute Gasteiger partial charge is 0.0462 e. The molecule has 0 aliphatic heterocycles. The molecule has 0 radical (unpaired) electrons. The van der Waals surface area contributed by atoms with Crippen LogP contribution in [0.5, 0.6) is 0 Å². The van der Waals surface area contributed by atoms with Crippen LogP contribution in [0.1, 0.15) is 43.4 Å². The summed E-state index contributed by atoms with van der Waals surface area (Å²) in [5.74, 6) is 6.52. The van der Waals surface area contributed by atoms with Crippen molar-refractivity contribution in [1.82, 2.24) is 5.43 Å². The normalized spacial score (nSPS) is 17.7. The molecule has 1 aromatic rings. The molecule has 1 saturated carbocycles. The topological polar surface area (TPSA) is 38.0 Å². The second-order valence-corrected chi connectivity index (χ2v) is 4.50. The first-order valence-corrected chi connectivity index (χ1v) is 5.88. The van der Waals surface area contributed by atoms with Crippen LogP contribution in [0.4, 0.5) is 0 Å². The van der Waals surface area contributed by atoms with E-state index in [1.54, 1.807) is 0 Å². The fourth-order valence-corrected chi connectivity index (χ4v) is 2.02. The second kappa shape index (κ2) is 4.77. The summed E-state index contributed by atoms with van der Waals surface area (Å²) in [6.07, 6.45) is 5.04. The van der Waals surface area contributed by atoms with Crippen LogP contribution in [0.3, 0.4) is 0 Å². The van der Waals surface area contributed by atoms with E-state index in [1.165, 1.54) is 30.4 Å². The van der Waals surface area contributed by atoms with Crippen LogP contribution >= 0.6 is 0 Å². The number of benzene rings is 1. The van der Waals surface area contributed by atoms with Crippen LogP contribution < -0.4 is 11.3 Å². The van der Waals surface area contributed by atoms with Crippen LogP contribution in [0.25, 0.3) is 0 Å². The van der Waals surface area contributed by atoms with Gasteiger partial charge in [-0.1, -0.05) is 44.0 Å². The van der Waals surface area contributed by atoms with Crippen LogP contribution in [-0.4, -0.2) is 0 Å². The average molecular weight is 204 g/mol. The SMILES string of the molecule is CCc1cccc(C(CC2CC2)NN)c1. The van der Waals surface area contributed by atoms with Gasteiger partial charge in [-0.05, 0) is 29.9 Å². The van der Waals surface area contributed by atoms with E-state index in [1.807, 2.05) is 0 Å². The fraction of sp³-hybridized carbons (Fsp3) is 0.538. The largest absolute Gasteiger partial charge is 0.271 e. The van der Waals surface area contributed by atoms with E-state index in [0.717, 1.165) is 12.3 Å². The van der Waals surface area contributed by atoms with Crippen molar-refractivity contribution in [3.05, 3.63) is 35.4 Å². The summed E-state index contributed by atoms with van der Waals surface area (Å²) < 4.78 is 0. The zero-order chi connectivity index (χ0) is 10.7. The molecule has 1 aliphatic carbocycles. The Kier molecular flexibility index (Phi) is 3.39. The average Bonchev–Trinajstić information content (AvgIpc) is 3.10. The third-order valence-corrected chi connectivity index (χ3v) is 3.23. The number of aryl methyl sites for hydroxylation is 1. The van der Waals surface area contributed by atoms with Crippen molar-refractivity contribution in [3.8, 4) is 0 Å². The number of nitrogens with two attached hydrogens (primary N) is 1. The maximum atomic E-state index is 5.62. The molecule has 1 aromatic carbocycles. The lowest BCUT2D eigenvalue weighted by molar-refractivity contribution is 0.487. The van der Waals surface area contributed by atoms with Gasteiger partial charge in [0, 0.05) is 6.04 Å². The minimum absolute atomic E-state index is 0.337. The molecule has 1 aliphatic rings. The molecular weight excluding hydrogens is 184 g/mol. The van der Waals surface area contributed by atoms with Crippen molar-refractivity contribution in [1.29, 1.82) is 0 Å². The highest BCUT2D eigenvalue weighted by molar-refractivity contribution is 5.26. The molecule has 3 N–H and O–H groups in total. The molecule has 2 heteroatoms. The van der Waals surface area contributed by atoms with E-state index in [0.29, 0.717) is 6.04 Å². The van der Waals surface area contributed by atoms with Crippen LogP contribution in [-0.2, 0) is 6.42 Å². The Morgan fingerprint density at radius 2 is 2.27 bits per heavy atom. The molecule has 2 rings (SSSR count). The maximum Gasteiger partial charge on any atom is 0.0462 e. The van der Waals surface area contributed by atoms with Gasteiger partial charge in [0.15, 0.2) is 0 Å². The highest BCUT2D eigenvalue weighted by atomic mass is 15.2. The Morgan fingerprint density at radius 3 is 2.87 bits per heavy atom. The number of rotatable bonds is 5. The molecular formula is C13H20N2. The molecule has 0 saturated heterocycles. The van der Waals surface area contributed by atoms with E-state index in [-0.39, 0.29) is 0 Å². The van der Waals surface area contributed by atoms with Crippen molar-refractivity contribution in [2.45, 2.75) is 38.6 Å². The van der Waals surface area contributed by atoms with Crippen molar-refractivity contribution in [2.24, 2.45) is 11.8 Å². The van der Waals surface area contributed by atoms with Gasteiger partial charge in [-0.2, -0.15) is 0 Å². The van der Waals surface area contributed by atoms with E-state index in [4.69, 9.17) is 5.84 Å². The first kappa shape index (κ1) is 10.7. The Labute approximate surface area is 91.8 Å². The Bertz CT molecular complexity index is 318. The van der Waals surface area contributed by atoms with Gasteiger partial charge in [-0.25, -0.2) is 0 Å². The molecule has 0 heterocycles. The van der Waals surface area contributed by atoms with Gasteiger partial charge < -0.3 is 0 Å². The Morgan fingerprint density at radius 1 is 1.47 bits per heavy atom. The minimum Gasteiger partial charge on any atom is -0.271 e. The fourth-order valence-electron chi connectivity index (χ4n) is 2.02. The molecule has 2 nitrogen and oxygen atoms in total. The monoisotopic (exact) mass is 204 g/mol. The van der Waals surface area contributed by atoms with Gasteiger partial charge in [0.1, 0.15) is 0 Å². The first-order valence-electron chi connectivity index (χ1n) is 5.88. The number of hydrogen-bond acceptors (Lipinski definition) is 2. The second-order valence-electron chi connectivity index (χ2n) is 4.50. The lowest BCUT2D eigenvalue weighted by Crippen LogP contribution is -2.28. The first-order chi connectivity index (χ1) is 7.33. The summed E-state index contributed by atoms with van der Waals surface area (Å²) in [5, 5.41) is 0. The summed E-state index contributed by atoms with van der Waals surface area (Å²) in [6, 6.07) is 9.09. The summed E-state index contributed by atoms with van der Waals surface area (Å²) in [5.41, 5.74) is 5.67. The standard InChI is InChI=1S/C13H20N2/c1-2-10-4-3-5-12(8-10)13(15-14)9-11-6-7-11/h3-5,8,11,13,15H,2,6-7,9,14H2,1H3. The highest BCUT2D eigenvalue weighted by Crippen LogP contribution is 2.37. The van der Waals surface area contributed by atoms with E-state index >= 15 is 0 Å². The van der Waals surface area contributed by atoms with Crippen LogP contribution in [0.15, 0.2) is 24.3 Å². The van der Waals surface area contributed by atoms with Crippen LogP contribution in [0.2, 0.25) is 0 Å². The third-order valence-electron chi connectivity index (χ3n) is 3.23.